The summed E-state index contributed by atoms with van der Waals surface area (Å²) in [5.74, 6) is -0.193. The van der Waals surface area contributed by atoms with E-state index in [0.29, 0.717) is 12.1 Å². The molecule has 2 amide bonds. The van der Waals surface area contributed by atoms with E-state index < -0.39 is 0 Å². The summed E-state index contributed by atoms with van der Waals surface area (Å²) in [7, 11) is 0. The maximum Gasteiger partial charge on any atom is 0.255 e. The first kappa shape index (κ1) is 18.0. The Balaban J connectivity index is 1.69. The van der Waals surface area contributed by atoms with E-state index in [2.05, 4.69) is 21.6 Å². The molecular weight excluding hydrogens is 326 g/mol. The van der Waals surface area contributed by atoms with Crippen molar-refractivity contribution < 1.29 is 9.59 Å². The number of anilines is 2. The molecule has 0 aliphatic carbocycles. The molecule has 0 saturated carbocycles. The molecule has 0 aromatic heterocycles. The Labute approximate surface area is 154 Å². The average Bonchev–Trinajstić information content (AvgIpc) is 2.68. The van der Waals surface area contributed by atoms with Crippen LogP contribution in [0.4, 0.5) is 11.4 Å². The molecule has 2 aromatic carbocycles. The predicted molar refractivity (Wildman–Crippen MR) is 104 cm³/mol. The molecule has 0 bridgehead atoms. The fourth-order valence-corrected chi connectivity index (χ4v) is 3.18. The van der Waals surface area contributed by atoms with Crippen molar-refractivity contribution in [2.75, 3.05) is 23.3 Å². The molecule has 2 N–H and O–H groups in total. The van der Waals surface area contributed by atoms with Gasteiger partial charge in [0.15, 0.2) is 0 Å². The van der Waals surface area contributed by atoms with Crippen LogP contribution in [0.15, 0.2) is 48.5 Å². The third-order valence-electron chi connectivity index (χ3n) is 4.61. The Morgan fingerprint density at radius 3 is 2.35 bits per heavy atom. The summed E-state index contributed by atoms with van der Waals surface area (Å²) in [6.07, 6.45) is 3.66. The summed E-state index contributed by atoms with van der Waals surface area (Å²) in [6, 6.07) is 15.3. The Kier molecular flexibility index (Phi) is 5.89. The highest BCUT2D eigenvalue weighted by atomic mass is 16.2. The lowest BCUT2D eigenvalue weighted by molar-refractivity contribution is -0.119. The first-order valence-electron chi connectivity index (χ1n) is 9.12. The van der Waals surface area contributed by atoms with E-state index in [1.165, 1.54) is 26.2 Å². The van der Waals surface area contributed by atoms with Crippen molar-refractivity contribution in [1.29, 1.82) is 0 Å². The molecule has 1 heterocycles. The number of piperidine rings is 1. The van der Waals surface area contributed by atoms with E-state index in [1.807, 2.05) is 30.3 Å². The third-order valence-corrected chi connectivity index (χ3v) is 4.61. The van der Waals surface area contributed by atoms with E-state index >= 15 is 0 Å². The molecule has 0 unspecified atom stereocenters. The fourth-order valence-electron chi connectivity index (χ4n) is 3.18. The van der Waals surface area contributed by atoms with Crippen molar-refractivity contribution in [2.24, 2.45) is 0 Å². The van der Waals surface area contributed by atoms with E-state index in [9.17, 15) is 9.59 Å². The Hall–Kier alpha value is -2.82. The smallest absolute Gasteiger partial charge is 0.255 e. The minimum Gasteiger partial charge on any atom is -0.370 e. The van der Waals surface area contributed by atoms with Crippen LogP contribution in [-0.2, 0) is 11.3 Å². The molecule has 5 heteroatoms. The summed E-state index contributed by atoms with van der Waals surface area (Å²) < 4.78 is 0. The topological polar surface area (TPSA) is 61.4 Å². The molecule has 0 spiro atoms. The standard InChI is InChI=1S/C21H25N3O2/c1-16(25)22-15-17-9-11-18(12-10-17)21(26)23-19-7-3-4-8-20(19)24-13-5-2-6-14-24/h3-4,7-12H,2,5-6,13-15H2,1H3,(H,22,25)(H,23,26). The van der Waals surface area contributed by atoms with Gasteiger partial charge in [-0.1, -0.05) is 24.3 Å². The van der Waals surface area contributed by atoms with Crippen molar-refractivity contribution in [3.05, 3.63) is 59.7 Å². The predicted octanol–water partition coefficient (Wildman–Crippen LogP) is 3.57. The molecule has 1 saturated heterocycles. The number of amides is 2. The lowest BCUT2D eigenvalue weighted by Gasteiger charge is -2.30. The highest BCUT2D eigenvalue weighted by molar-refractivity contribution is 6.06. The van der Waals surface area contributed by atoms with Crippen LogP contribution >= 0.6 is 0 Å². The van der Waals surface area contributed by atoms with Gasteiger partial charge in [0.1, 0.15) is 0 Å². The summed E-state index contributed by atoms with van der Waals surface area (Å²) in [4.78, 5) is 25.9. The van der Waals surface area contributed by atoms with Gasteiger partial charge in [-0.3, -0.25) is 9.59 Å². The van der Waals surface area contributed by atoms with Crippen molar-refractivity contribution in [3.8, 4) is 0 Å². The Morgan fingerprint density at radius 1 is 0.962 bits per heavy atom. The highest BCUT2D eigenvalue weighted by Gasteiger charge is 2.16. The van der Waals surface area contributed by atoms with E-state index in [1.54, 1.807) is 12.1 Å². The van der Waals surface area contributed by atoms with Crippen LogP contribution < -0.4 is 15.5 Å². The lowest BCUT2D eigenvalue weighted by Crippen LogP contribution is -2.30. The average molecular weight is 351 g/mol. The summed E-state index contributed by atoms with van der Waals surface area (Å²) in [6.45, 7) is 4.02. The van der Waals surface area contributed by atoms with Crippen LogP contribution in [0.25, 0.3) is 0 Å². The number of carbonyl (C=O) groups excluding carboxylic acids is 2. The van der Waals surface area contributed by atoms with Gasteiger partial charge in [0.25, 0.3) is 5.91 Å². The van der Waals surface area contributed by atoms with Crippen LogP contribution in [0.1, 0.15) is 42.1 Å². The van der Waals surface area contributed by atoms with Crippen LogP contribution in [0, 0.1) is 0 Å². The van der Waals surface area contributed by atoms with Crippen LogP contribution in [0.2, 0.25) is 0 Å². The summed E-state index contributed by atoms with van der Waals surface area (Å²) >= 11 is 0. The molecule has 136 valence electrons. The van der Waals surface area contributed by atoms with Gasteiger partial charge >= 0.3 is 0 Å². The minimum atomic E-state index is -0.125. The molecule has 1 aliphatic rings. The molecular formula is C21H25N3O2. The molecule has 0 atom stereocenters. The van der Waals surface area contributed by atoms with Crippen LogP contribution in [0.3, 0.4) is 0 Å². The highest BCUT2D eigenvalue weighted by Crippen LogP contribution is 2.28. The second kappa shape index (κ2) is 8.52. The van der Waals surface area contributed by atoms with E-state index in [-0.39, 0.29) is 11.8 Å². The Morgan fingerprint density at radius 2 is 1.65 bits per heavy atom. The second-order valence-electron chi connectivity index (χ2n) is 6.63. The Bertz CT molecular complexity index is 765. The summed E-state index contributed by atoms with van der Waals surface area (Å²) in [5.41, 5.74) is 3.50. The zero-order chi connectivity index (χ0) is 18.4. The maximum absolute atomic E-state index is 12.6. The molecule has 1 aliphatic heterocycles. The van der Waals surface area contributed by atoms with Gasteiger partial charge < -0.3 is 15.5 Å². The van der Waals surface area contributed by atoms with Crippen LogP contribution in [0.5, 0.6) is 0 Å². The molecule has 5 nitrogen and oxygen atoms in total. The number of nitrogens with zero attached hydrogens (tertiary/aromatic N) is 1. The minimum absolute atomic E-state index is 0.0684. The van der Waals surface area contributed by atoms with Gasteiger partial charge in [-0.15, -0.1) is 0 Å². The lowest BCUT2D eigenvalue weighted by atomic mass is 10.1. The molecule has 26 heavy (non-hydrogen) atoms. The number of hydrogen-bond donors (Lipinski definition) is 2. The number of rotatable bonds is 5. The van der Waals surface area contributed by atoms with E-state index in [0.717, 1.165) is 30.0 Å². The fraction of sp³-hybridized carbons (Fsp3) is 0.333. The third kappa shape index (κ3) is 4.63. The SMILES string of the molecule is CC(=O)NCc1ccc(C(=O)Nc2ccccc2N2CCCCC2)cc1. The van der Waals surface area contributed by atoms with Gasteiger partial charge in [0, 0.05) is 32.1 Å². The number of hydrogen-bond acceptors (Lipinski definition) is 3. The number of nitrogens with one attached hydrogen (secondary N) is 2. The maximum atomic E-state index is 12.6. The van der Waals surface area contributed by atoms with Gasteiger partial charge in [0.2, 0.25) is 5.91 Å². The molecule has 2 aromatic rings. The van der Waals surface area contributed by atoms with Gasteiger partial charge in [-0.05, 0) is 49.1 Å². The number of para-hydroxylation sites is 2. The van der Waals surface area contributed by atoms with Crippen molar-refractivity contribution in [2.45, 2.75) is 32.7 Å². The first-order valence-corrected chi connectivity index (χ1v) is 9.12. The monoisotopic (exact) mass is 351 g/mol. The molecule has 1 fully saturated rings. The van der Waals surface area contributed by atoms with Crippen molar-refractivity contribution in [3.63, 3.8) is 0 Å². The van der Waals surface area contributed by atoms with Gasteiger partial charge in [-0.2, -0.15) is 0 Å². The van der Waals surface area contributed by atoms with Crippen molar-refractivity contribution in [1.82, 2.24) is 5.32 Å². The van der Waals surface area contributed by atoms with Crippen LogP contribution in [-0.4, -0.2) is 24.9 Å². The van der Waals surface area contributed by atoms with Gasteiger partial charge in [-0.25, -0.2) is 0 Å². The summed E-state index contributed by atoms with van der Waals surface area (Å²) in [5, 5.41) is 5.79. The zero-order valence-electron chi connectivity index (χ0n) is 15.1. The normalized spacial score (nSPS) is 14.0. The number of benzene rings is 2. The first-order chi connectivity index (χ1) is 12.6. The molecule has 0 radical (unpaired) electrons. The zero-order valence-corrected chi connectivity index (χ0v) is 15.1. The van der Waals surface area contributed by atoms with Gasteiger partial charge in [0.05, 0.1) is 11.4 Å². The largest absolute Gasteiger partial charge is 0.370 e. The second-order valence-corrected chi connectivity index (χ2v) is 6.63. The van der Waals surface area contributed by atoms with Crippen molar-refractivity contribution >= 4 is 23.2 Å². The van der Waals surface area contributed by atoms with E-state index in [4.69, 9.17) is 0 Å². The quantitative estimate of drug-likeness (QED) is 0.866. The molecule has 3 rings (SSSR count). The number of carbonyl (C=O) groups is 2.